The molecule has 1 atom stereocenters. The van der Waals surface area contributed by atoms with E-state index < -0.39 is 16.0 Å². The van der Waals surface area contributed by atoms with Crippen LogP contribution in [0.25, 0.3) is 0 Å². The number of nitrogens with one attached hydrogen (secondary N) is 1. The number of esters is 1. The Morgan fingerprint density at radius 2 is 2.08 bits per heavy atom. The van der Waals surface area contributed by atoms with E-state index >= 15 is 0 Å². The van der Waals surface area contributed by atoms with Gasteiger partial charge in [0, 0.05) is 12.6 Å². The molecular weight excluding hydrogens is 380 g/mol. The van der Waals surface area contributed by atoms with Crippen LogP contribution in [0.1, 0.15) is 43.0 Å². The molecule has 144 valence electrons. The van der Waals surface area contributed by atoms with E-state index in [1.165, 1.54) is 19.2 Å². The van der Waals surface area contributed by atoms with Crippen molar-refractivity contribution in [3.05, 3.63) is 28.8 Å². The molecule has 1 amide bonds. The van der Waals surface area contributed by atoms with Crippen LogP contribution in [0.2, 0.25) is 5.02 Å². The fourth-order valence-electron chi connectivity index (χ4n) is 2.99. The van der Waals surface area contributed by atoms with Gasteiger partial charge in [0.2, 0.25) is 10.0 Å². The largest absolute Gasteiger partial charge is 0.452 e. The smallest absolute Gasteiger partial charge is 0.338 e. The van der Waals surface area contributed by atoms with E-state index in [4.69, 9.17) is 16.3 Å². The molecule has 1 aliphatic rings. The molecule has 0 aromatic heterocycles. The molecule has 9 heteroatoms. The van der Waals surface area contributed by atoms with Crippen molar-refractivity contribution in [1.29, 1.82) is 0 Å². The monoisotopic (exact) mass is 402 g/mol. The number of hydrogen-bond acceptors (Lipinski definition) is 5. The van der Waals surface area contributed by atoms with Gasteiger partial charge in [-0.2, -0.15) is 0 Å². The van der Waals surface area contributed by atoms with Crippen molar-refractivity contribution in [2.45, 2.75) is 43.5 Å². The van der Waals surface area contributed by atoms with Gasteiger partial charge < -0.3 is 9.64 Å². The highest BCUT2D eigenvalue weighted by atomic mass is 35.5. The maximum Gasteiger partial charge on any atom is 0.338 e. The molecule has 26 heavy (non-hydrogen) atoms. The summed E-state index contributed by atoms with van der Waals surface area (Å²) in [5.41, 5.74) is 0.0155. The van der Waals surface area contributed by atoms with Gasteiger partial charge in [-0.05, 0) is 50.9 Å². The molecule has 0 spiro atoms. The Balaban J connectivity index is 2.06. The van der Waals surface area contributed by atoms with Gasteiger partial charge in [-0.1, -0.05) is 18.5 Å². The normalized spacial score (nSPS) is 17.8. The van der Waals surface area contributed by atoms with E-state index in [0.717, 1.165) is 31.7 Å². The summed E-state index contributed by atoms with van der Waals surface area (Å²) < 4.78 is 31.1. The number of nitrogens with zero attached hydrogens (tertiary/aromatic N) is 1. The molecule has 0 aliphatic carbocycles. The van der Waals surface area contributed by atoms with Gasteiger partial charge in [0.05, 0.1) is 10.6 Å². The van der Waals surface area contributed by atoms with Gasteiger partial charge in [-0.3, -0.25) is 4.79 Å². The Labute approximate surface area is 158 Å². The highest BCUT2D eigenvalue weighted by Gasteiger charge is 2.26. The van der Waals surface area contributed by atoms with Crippen LogP contribution < -0.4 is 4.72 Å². The van der Waals surface area contributed by atoms with Gasteiger partial charge in [0.1, 0.15) is 4.90 Å². The summed E-state index contributed by atoms with van der Waals surface area (Å²) in [6, 6.07) is 3.98. The van der Waals surface area contributed by atoms with Crippen LogP contribution in [0, 0.1) is 0 Å². The fourth-order valence-corrected chi connectivity index (χ4v) is 4.24. The molecule has 1 fully saturated rings. The maximum absolute atomic E-state index is 12.4. The first-order chi connectivity index (χ1) is 12.3. The number of carbonyl (C=O) groups excluding carboxylic acids is 2. The number of rotatable bonds is 6. The summed E-state index contributed by atoms with van der Waals surface area (Å²) in [6.07, 6.45) is 3.86. The third-order valence-corrected chi connectivity index (χ3v) is 6.37. The van der Waals surface area contributed by atoms with Gasteiger partial charge in [-0.15, -0.1) is 0 Å². The van der Waals surface area contributed by atoms with Crippen LogP contribution in [-0.4, -0.2) is 51.4 Å². The molecule has 0 saturated carbocycles. The van der Waals surface area contributed by atoms with Gasteiger partial charge in [0.25, 0.3) is 5.91 Å². The minimum absolute atomic E-state index is 0.00826. The minimum atomic E-state index is -3.81. The third-order valence-electron chi connectivity index (χ3n) is 4.47. The fraction of sp³-hybridized carbons (Fsp3) is 0.529. The molecule has 1 aliphatic heterocycles. The lowest BCUT2D eigenvalue weighted by Crippen LogP contribution is -2.45. The van der Waals surface area contributed by atoms with Gasteiger partial charge in [-0.25, -0.2) is 17.9 Å². The number of likely N-dealkylation sites (tertiary alicyclic amines) is 1. The molecule has 1 saturated heterocycles. The van der Waals surface area contributed by atoms with Crippen molar-refractivity contribution in [3.8, 4) is 0 Å². The number of piperidine rings is 1. The SMILES string of the molecule is CC[C@H]1CCCCN1C(=O)COC(=O)c1ccc(Cl)c(S(=O)(=O)NC)c1. The number of benzene rings is 1. The van der Waals surface area contributed by atoms with Crippen LogP contribution >= 0.6 is 11.6 Å². The third kappa shape index (κ3) is 4.75. The van der Waals surface area contributed by atoms with Gasteiger partial charge >= 0.3 is 5.97 Å². The highest BCUT2D eigenvalue weighted by molar-refractivity contribution is 7.89. The van der Waals surface area contributed by atoms with Crippen LogP contribution in [0.15, 0.2) is 23.1 Å². The lowest BCUT2D eigenvalue weighted by atomic mass is 10.00. The van der Waals surface area contributed by atoms with Crippen molar-refractivity contribution < 1.29 is 22.7 Å². The topological polar surface area (TPSA) is 92.8 Å². The zero-order chi connectivity index (χ0) is 19.3. The summed E-state index contributed by atoms with van der Waals surface area (Å²) >= 11 is 5.89. The predicted octanol–water partition coefficient (Wildman–Crippen LogP) is 2.20. The lowest BCUT2D eigenvalue weighted by Gasteiger charge is -2.35. The van der Waals surface area contributed by atoms with Crippen LogP contribution in [0.4, 0.5) is 0 Å². The summed E-state index contributed by atoms with van der Waals surface area (Å²) in [6.45, 7) is 2.33. The van der Waals surface area contributed by atoms with Crippen molar-refractivity contribution in [3.63, 3.8) is 0 Å². The molecule has 7 nitrogen and oxygen atoms in total. The molecule has 0 bridgehead atoms. The lowest BCUT2D eigenvalue weighted by molar-refractivity contribution is -0.138. The average Bonchev–Trinajstić information content (AvgIpc) is 2.65. The number of carbonyl (C=O) groups is 2. The number of hydrogen-bond donors (Lipinski definition) is 1. The summed E-state index contributed by atoms with van der Waals surface area (Å²) in [5, 5.41) is -0.00826. The first-order valence-corrected chi connectivity index (χ1v) is 10.4. The number of amides is 1. The predicted molar refractivity (Wildman–Crippen MR) is 97.6 cm³/mol. The second kappa shape index (κ2) is 8.83. The van der Waals surface area contributed by atoms with Crippen LogP contribution in [0.5, 0.6) is 0 Å². The first kappa shape index (κ1) is 20.7. The maximum atomic E-state index is 12.4. The van der Waals surface area contributed by atoms with Crippen LogP contribution in [0.3, 0.4) is 0 Å². The molecule has 2 rings (SSSR count). The van der Waals surface area contributed by atoms with Crippen molar-refractivity contribution in [2.24, 2.45) is 0 Å². The zero-order valence-electron chi connectivity index (χ0n) is 14.8. The van der Waals surface area contributed by atoms with E-state index in [0.29, 0.717) is 6.54 Å². The standard InChI is InChI=1S/C17H23ClN2O5S/c1-3-13-6-4-5-9-20(13)16(21)11-25-17(22)12-7-8-14(18)15(10-12)26(23,24)19-2/h7-8,10,13,19H,3-6,9,11H2,1-2H3/t13-/m0/s1. The quantitative estimate of drug-likeness (QED) is 0.736. The minimum Gasteiger partial charge on any atom is -0.452 e. The average molecular weight is 403 g/mol. The summed E-state index contributed by atoms with van der Waals surface area (Å²) in [4.78, 5) is 26.1. The second-order valence-electron chi connectivity index (χ2n) is 6.07. The molecule has 0 unspecified atom stereocenters. The van der Waals surface area contributed by atoms with E-state index in [1.54, 1.807) is 4.90 Å². The first-order valence-electron chi connectivity index (χ1n) is 8.49. The molecule has 1 N–H and O–H groups in total. The Hall–Kier alpha value is -1.64. The number of ether oxygens (including phenoxy) is 1. The zero-order valence-corrected chi connectivity index (χ0v) is 16.4. The van der Waals surface area contributed by atoms with Crippen molar-refractivity contribution >= 4 is 33.5 Å². The Bertz CT molecular complexity index is 781. The van der Waals surface area contributed by atoms with E-state index in [-0.39, 0.29) is 34.0 Å². The van der Waals surface area contributed by atoms with E-state index in [1.807, 2.05) is 6.92 Å². The number of sulfonamides is 1. The molecular formula is C17H23ClN2O5S. The summed E-state index contributed by atoms with van der Waals surface area (Å²) in [7, 11) is -2.56. The molecule has 0 radical (unpaired) electrons. The molecule has 1 heterocycles. The highest BCUT2D eigenvalue weighted by Crippen LogP contribution is 2.23. The second-order valence-corrected chi connectivity index (χ2v) is 8.34. The van der Waals surface area contributed by atoms with Crippen molar-refractivity contribution in [2.75, 3.05) is 20.2 Å². The van der Waals surface area contributed by atoms with Crippen molar-refractivity contribution in [1.82, 2.24) is 9.62 Å². The Kier molecular flexibility index (Phi) is 7.02. The molecule has 1 aromatic rings. The van der Waals surface area contributed by atoms with Gasteiger partial charge in [0.15, 0.2) is 6.61 Å². The van der Waals surface area contributed by atoms with E-state index in [9.17, 15) is 18.0 Å². The Morgan fingerprint density at radius 1 is 1.35 bits per heavy atom. The summed E-state index contributed by atoms with van der Waals surface area (Å²) in [5.74, 6) is -1.01. The molecule has 1 aromatic carbocycles. The van der Waals surface area contributed by atoms with Crippen LogP contribution in [-0.2, 0) is 19.6 Å². The number of halogens is 1. The van der Waals surface area contributed by atoms with E-state index in [2.05, 4.69) is 4.72 Å². The Morgan fingerprint density at radius 3 is 2.73 bits per heavy atom.